The van der Waals surface area contributed by atoms with Crippen LogP contribution in [0.4, 0.5) is 5.69 Å². The molecule has 0 spiro atoms. The van der Waals surface area contributed by atoms with Crippen LogP contribution in [0, 0.1) is 12.8 Å². The number of anilines is 1. The molecule has 4 rings (SSSR count). The molecule has 0 saturated carbocycles. The molecule has 1 unspecified atom stereocenters. The minimum atomic E-state index is -0.424. The van der Waals surface area contributed by atoms with Crippen LogP contribution < -0.4 is 10.1 Å². The molecule has 0 aromatic heterocycles. The topological polar surface area (TPSA) is 74.2 Å². The van der Waals surface area contributed by atoms with E-state index in [1.165, 1.54) is 5.01 Å². The van der Waals surface area contributed by atoms with Crippen molar-refractivity contribution in [3.63, 3.8) is 0 Å². The van der Waals surface area contributed by atoms with Crippen LogP contribution in [0.1, 0.15) is 30.0 Å². The number of nitrogens with zero attached hydrogens (tertiary/aromatic N) is 3. The van der Waals surface area contributed by atoms with Crippen molar-refractivity contribution in [2.45, 2.75) is 25.8 Å². The minimum absolute atomic E-state index is 0.124. The van der Waals surface area contributed by atoms with Crippen molar-refractivity contribution in [2.75, 3.05) is 25.5 Å². The van der Waals surface area contributed by atoms with E-state index in [1.807, 2.05) is 30.0 Å². The molecule has 2 amide bonds. The zero-order chi connectivity index (χ0) is 23.5. The molecule has 1 N–H and O–H groups in total. The number of likely N-dealkylation sites (N-methyl/N-ethyl adjacent to an activating group) is 1. The molecule has 0 aliphatic carbocycles. The van der Waals surface area contributed by atoms with Crippen molar-refractivity contribution < 1.29 is 14.3 Å². The van der Waals surface area contributed by atoms with Crippen LogP contribution in [0.5, 0.6) is 5.75 Å². The zero-order valence-corrected chi connectivity index (χ0v) is 19.5. The number of amides is 2. The van der Waals surface area contributed by atoms with Gasteiger partial charge < -0.3 is 15.0 Å². The summed E-state index contributed by atoms with van der Waals surface area (Å²) in [5.41, 5.74) is 2.52. The van der Waals surface area contributed by atoms with Crippen LogP contribution in [-0.2, 0) is 9.59 Å². The fourth-order valence-corrected chi connectivity index (χ4v) is 4.57. The average molecular weight is 467 g/mol. The molecule has 0 bridgehead atoms. The maximum atomic E-state index is 13.5. The van der Waals surface area contributed by atoms with Crippen LogP contribution in [0.25, 0.3) is 0 Å². The summed E-state index contributed by atoms with van der Waals surface area (Å²) in [5.74, 6) is 0.778. The fraction of sp³-hybridized carbons (Fsp3) is 0.320. The van der Waals surface area contributed by atoms with Crippen molar-refractivity contribution >= 4 is 34.9 Å². The van der Waals surface area contributed by atoms with Crippen molar-refractivity contribution in [1.82, 2.24) is 9.91 Å². The van der Waals surface area contributed by atoms with Gasteiger partial charge in [0.2, 0.25) is 5.91 Å². The van der Waals surface area contributed by atoms with Gasteiger partial charge in [-0.3, -0.25) is 9.59 Å². The Morgan fingerprint density at radius 3 is 2.91 bits per heavy atom. The summed E-state index contributed by atoms with van der Waals surface area (Å²) in [5, 5.41) is 9.41. The number of amidine groups is 1. The second-order valence-corrected chi connectivity index (χ2v) is 8.73. The number of halogens is 1. The number of hydrogen-bond donors (Lipinski definition) is 1. The van der Waals surface area contributed by atoms with Crippen LogP contribution in [-0.4, -0.2) is 47.8 Å². The molecule has 1 saturated heterocycles. The van der Waals surface area contributed by atoms with Gasteiger partial charge in [0, 0.05) is 29.7 Å². The van der Waals surface area contributed by atoms with E-state index in [0.717, 1.165) is 17.0 Å². The number of fused-ring (bicyclic) bond motifs is 1. The molecule has 2 aromatic carbocycles. The number of hydrogen-bond acceptors (Lipinski definition) is 5. The van der Waals surface area contributed by atoms with Gasteiger partial charge in [-0.1, -0.05) is 48.0 Å². The second kappa shape index (κ2) is 9.67. The molecule has 33 heavy (non-hydrogen) atoms. The Bertz CT molecular complexity index is 1120. The fourth-order valence-electron chi connectivity index (χ4n) is 4.38. The molecule has 0 radical (unpaired) electrons. The molecule has 1 fully saturated rings. The summed E-state index contributed by atoms with van der Waals surface area (Å²) in [6, 6.07) is 12.6. The molecule has 2 aromatic rings. The number of rotatable bonds is 6. The molecule has 7 nitrogen and oxygen atoms in total. The first-order valence-electron chi connectivity index (χ1n) is 10.9. The Kier molecular flexibility index (Phi) is 6.70. The quantitative estimate of drug-likeness (QED) is 0.641. The van der Waals surface area contributed by atoms with E-state index in [4.69, 9.17) is 16.3 Å². The third-order valence-corrected chi connectivity index (χ3v) is 6.16. The molecule has 2 aliphatic heterocycles. The van der Waals surface area contributed by atoms with Crippen molar-refractivity contribution in [3.05, 3.63) is 71.3 Å². The lowest BCUT2D eigenvalue weighted by Gasteiger charge is -2.45. The lowest BCUT2D eigenvalue weighted by Crippen LogP contribution is -2.53. The number of benzene rings is 2. The van der Waals surface area contributed by atoms with E-state index in [-0.39, 0.29) is 18.4 Å². The first-order valence-corrected chi connectivity index (χ1v) is 11.3. The van der Waals surface area contributed by atoms with Crippen molar-refractivity contribution in [2.24, 2.45) is 11.0 Å². The Morgan fingerprint density at radius 1 is 1.33 bits per heavy atom. The van der Waals surface area contributed by atoms with Crippen LogP contribution in [0.3, 0.4) is 0 Å². The Labute approximate surface area is 198 Å². The van der Waals surface area contributed by atoms with Crippen LogP contribution >= 0.6 is 11.6 Å². The smallest absolute Gasteiger partial charge is 0.262 e. The van der Waals surface area contributed by atoms with E-state index in [1.54, 1.807) is 37.4 Å². The normalized spacial score (nSPS) is 20.1. The highest BCUT2D eigenvalue weighted by atomic mass is 35.5. The average Bonchev–Trinajstić information content (AvgIpc) is 2.78. The van der Waals surface area contributed by atoms with Gasteiger partial charge in [0.05, 0.1) is 12.0 Å². The van der Waals surface area contributed by atoms with Crippen LogP contribution in [0.15, 0.2) is 60.2 Å². The number of carbonyl (C=O) groups excluding carboxylic acids is 2. The van der Waals surface area contributed by atoms with Gasteiger partial charge in [-0.05, 0) is 37.6 Å². The largest absolute Gasteiger partial charge is 0.489 e. The van der Waals surface area contributed by atoms with E-state index < -0.39 is 12.0 Å². The molecule has 2 atom stereocenters. The van der Waals surface area contributed by atoms with Gasteiger partial charge in [0.25, 0.3) is 5.91 Å². The predicted octanol–water partition coefficient (Wildman–Crippen LogP) is 4.39. The highest BCUT2D eigenvalue weighted by Gasteiger charge is 2.43. The SMILES string of the molecule is C=CCOc1ccc(C)cc1[C@@H]1C(C(=O)Nc2cccc(Cl)c2)CCC2=NN(C)C(=O)CN21. The van der Waals surface area contributed by atoms with Gasteiger partial charge in [0.1, 0.15) is 24.7 Å². The summed E-state index contributed by atoms with van der Waals surface area (Å²) in [6.07, 6.45) is 2.86. The monoisotopic (exact) mass is 466 g/mol. The van der Waals surface area contributed by atoms with Gasteiger partial charge >= 0.3 is 0 Å². The number of nitrogens with one attached hydrogen (secondary N) is 1. The number of carbonyl (C=O) groups is 2. The lowest BCUT2D eigenvalue weighted by molar-refractivity contribution is -0.134. The highest BCUT2D eigenvalue weighted by Crippen LogP contribution is 2.42. The van der Waals surface area contributed by atoms with E-state index in [0.29, 0.717) is 35.9 Å². The summed E-state index contributed by atoms with van der Waals surface area (Å²) >= 11 is 6.10. The second-order valence-electron chi connectivity index (χ2n) is 8.29. The molecule has 2 aliphatic rings. The predicted molar refractivity (Wildman–Crippen MR) is 129 cm³/mol. The Balaban J connectivity index is 1.76. The number of hydrazone groups is 1. The molecule has 172 valence electrons. The summed E-state index contributed by atoms with van der Waals surface area (Å²) < 4.78 is 5.96. The summed E-state index contributed by atoms with van der Waals surface area (Å²) in [7, 11) is 1.66. The lowest BCUT2D eigenvalue weighted by atomic mass is 9.82. The standard InChI is InChI=1S/C25H27ClN4O3/c1-4-12-33-21-10-8-16(2)13-20(21)24-19(25(32)27-18-7-5-6-17(26)14-18)9-11-22-28-29(3)23(31)15-30(22)24/h4-8,10,13-14,19,24H,1,9,11-12,15H2,2-3H3,(H,27,32)/t19?,24-/m0/s1. The van der Waals surface area contributed by atoms with Crippen molar-refractivity contribution in [3.8, 4) is 5.75 Å². The maximum absolute atomic E-state index is 13.5. The molecular weight excluding hydrogens is 440 g/mol. The summed E-state index contributed by atoms with van der Waals surface area (Å²) in [6.45, 7) is 6.22. The van der Waals surface area contributed by atoms with E-state index in [9.17, 15) is 9.59 Å². The van der Waals surface area contributed by atoms with Gasteiger partial charge in [-0.25, -0.2) is 5.01 Å². The van der Waals surface area contributed by atoms with E-state index >= 15 is 0 Å². The highest BCUT2D eigenvalue weighted by molar-refractivity contribution is 6.30. The molecular formula is C25H27ClN4O3. The van der Waals surface area contributed by atoms with Gasteiger partial charge in [0.15, 0.2) is 0 Å². The third-order valence-electron chi connectivity index (χ3n) is 5.93. The molecule has 2 heterocycles. The Hall–Kier alpha value is -3.32. The van der Waals surface area contributed by atoms with Gasteiger partial charge in [-0.2, -0.15) is 5.10 Å². The number of ether oxygens (including phenoxy) is 1. The first-order chi connectivity index (χ1) is 15.9. The zero-order valence-electron chi connectivity index (χ0n) is 18.8. The van der Waals surface area contributed by atoms with Crippen LogP contribution in [0.2, 0.25) is 5.02 Å². The number of piperidine rings is 1. The maximum Gasteiger partial charge on any atom is 0.262 e. The minimum Gasteiger partial charge on any atom is -0.489 e. The summed E-state index contributed by atoms with van der Waals surface area (Å²) in [4.78, 5) is 28.0. The Morgan fingerprint density at radius 2 is 2.15 bits per heavy atom. The first kappa shape index (κ1) is 22.9. The third kappa shape index (κ3) is 4.88. The van der Waals surface area contributed by atoms with Gasteiger partial charge in [-0.15, -0.1) is 0 Å². The van der Waals surface area contributed by atoms with Crippen molar-refractivity contribution in [1.29, 1.82) is 0 Å². The number of aryl methyl sites for hydroxylation is 1. The molecule has 8 heteroatoms. The van der Waals surface area contributed by atoms with E-state index in [2.05, 4.69) is 17.0 Å².